The predicted molar refractivity (Wildman–Crippen MR) is 145 cm³/mol. The second-order valence-corrected chi connectivity index (χ2v) is 11.3. The van der Waals surface area contributed by atoms with E-state index in [4.69, 9.17) is 0 Å². The first-order chi connectivity index (χ1) is 17.0. The minimum Gasteiger partial charge on any atom is -0.354 e. The fraction of sp³-hybridized carbons (Fsp3) is 0.481. The number of hydrogen-bond acceptors (Lipinski definition) is 4. The zero-order valence-corrected chi connectivity index (χ0v) is 23.1. The Morgan fingerprint density at radius 2 is 1.69 bits per heavy atom. The molecule has 1 atom stereocenters. The molecule has 0 saturated heterocycles. The molecule has 36 heavy (non-hydrogen) atoms. The van der Waals surface area contributed by atoms with E-state index in [0.29, 0.717) is 18.7 Å². The van der Waals surface area contributed by atoms with E-state index in [9.17, 15) is 18.0 Å². The van der Waals surface area contributed by atoms with Crippen molar-refractivity contribution in [3.05, 3.63) is 65.2 Å². The molecule has 0 radical (unpaired) electrons. The van der Waals surface area contributed by atoms with Gasteiger partial charge in [0.25, 0.3) is 0 Å². The second kappa shape index (κ2) is 13.4. The summed E-state index contributed by atoms with van der Waals surface area (Å²) in [7, 11) is -1.09. The maximum atomic E-state index is 13.7. The molecule has 2 rings (SSSR count). The van der Waals surface area contributed by atoms with E-state index in [1.807, 2.05) is 63.2 Å². The molecular formula is C27H40N4O4S. The summed E-state index contributed by atoms with van der Waals surface area (Å²) in [6.45, 7) is 7.82. The summed E-state index contributed by atoms with van der Waals surface area (Å²) in [6, 6.07) is 14.5. The Balaban J connectivity index is 2.39. The van der Waals surface area contributed by atoms with Gasteiger partial charge in [0.15, 0.2) is 0 Å². The lowest BCUT2D eigenvalue weighted by Gasteiger charge is -2.33. The van der Waals surface area contributed by atoms with E-state index in [2.05, 4.69) is 5.32 Å². The van der Waals surface area contributed by atoms with E-state index in [1.54, 1.807) is 13.0 Å². The number of benzene rings is 2. The van der Waals surface area contributed by atoms with E-state index in [1.165, 1.54) is 19.0 Å². The zero-order chi connectivity index (χ0) is 26.9. The van der Waals surface area contributed by atoms with Gasteiger partial charge in [-0.1, -0.05) is 55.8 Å². The Bertz CT molecular complexity index is 1120. The van der Waals surface area contributed by atoms with Crippen LogP contribution in [0.3, 0.4) is 0 Å². The largest absolute Gasteiger partial charge is 0.354 e. The van der Waals surface area contributed by atoms with Crippen molar-refractivity contribution >= 4 is 27.7 Å². The summed E-state index contributed by atoms with van der Waals surface area (Å²) >= 11 is 0. The summed E-state index contributed by atoms with van der Waals surface area (Å²) in [5, 5.41) is 2.89. The number of carbonyl (C=O) groups excluding carboxylic acids is 2. The summed E-state index contributed by atoms with van der Waals surface area (Å²) in [5.41, 5.74) is 3.09. The van der Waals surface area contributed by atoms with Gasteiger partial charge in [-0.2, -0.15) is 12.7 Å². The number of amides is 2. The van der Waals surface area contributed by atoms with Crippen molar-refractivity contribution in [1.82, 2.24) is 14.5 Å². The lowest BCUT2D eigenvalue weighted by atomic mass is 10.1. The number of hydrogen-bond donors (Lipinski definition) is 1. The van der Waals surface area contributed by atoms with Crippen LogP contribution in [0, 0.1) is 13.8 Å². The van der Waals surface area contributed by atoms with Crippen molar-refractivity contribution in [1.29, 1.82) is 0 Å². The fourth-order valence-corrected chi connectivity index (χ4v) is 4.91. The highest BCUT2D eigenvalue weighted by Gasteiger charge is 2.33. The van der Waals surface area contributed by atoms with Crippen LogP contribution in [0.1, 0.15) is 43.4 Å². The quantitative estimate of drug-likeness (QED) is 0.414. The molecule has 0 aliphatic carbocycles. The van der Waals surface area contributed by atoms with Crippen LogP contribution in [0.4, 0.5) is 5.69 Å². The van der Waals surface area contributed by atoms with Crippen molar-refractivity contribution in [3.63, 3.8) is 0 Å². The molecular weight excluding hydrogens is 476 g/mol. The topological polar surface area (TPSA) is 90.0 Å². The Labute approximate surface area is 216 Å². The molecule has 1 N–H and O–H groups in total. The predicted octanol–water partition coefficient (Wildman–Crippen LogP) is 3.29. The molecule has 0 bridgehead atoms. The first kappa shape index (κ1) is 29.3. The maximum Gasteiger partial charge on any atom is 0.304 e. The first-order valence-electron chi connectivity index (χ1n) is 12.4. The van der Waals surface area contributed by atoms with Gasteiger partial charge in [0, 0.05) is 27.2 Å². The minimum absolute atomic E-state index is 0.251. The molecule has 2 amide bonds. The minimum atomic E-state index is -3.97. The monoisotopic (exact) mass is 516 g/mol. The van der Waals surface area contributed by atoms with Crippen molar-refractivity contribution in [2.24, 2.45) is 0 Å². The Morgan fingerprint density at radius 3 is 2.31 bits per heavy atom. The normalized spacial score (nSPS) is 12.3. The average molecular weight is 517 g/mol. The molecule has 8 nitrogen and oxygen atoms in total. The van der Waals surface area contributed by atoms with Crippen LogP contribution in [0.15, 0.2) is 48.5 Å². The number of aryl methyl sites for hydroxylation is 2. The molecule has 0 aliphatic heterocycles. The SMILES string of the molecule is CCCCNC(=O)C(C)N(CCc1ccccc1)C(=O)CN(c1cc(C)ccc1C)S(=O)(=O)N(C)C. The molecule has 198 valence electrons. The van der Waals surface area contributed by atoms with Crippen LogP contribution in [0.25, 0.3) is 0 Å². The van der Waals surface area contributed by atoms with E-state index >= 15 is 0 Å². The van der Waals surface area contributed by atoms with E-state index in [-0.39, 0.29) is 12.5 Å². The Kier molecular flexibility index (Phi) is 10.9. The highest BCUT2D eigenvalue weighted by atomic mass is 32.2. The molecule has 0 saturated carbocycles. The van der Waals surface area contributed by atoms with Gasteiger partial charge in [0.1, 0.15) is 12.6 Å². The molecule has 0 spiro atoms. The molecule has 2 aromatic rings. The van der Waals surface area contributed by atoms with Crippen LogP contribution >= 0.6 is 0 Å². The van der Waals surface area contributed by atoms with Crippen LogP contribution in [0.5, 0.6) is 0 Å². The Morgan fingerprint density at radius 1 is 1.03 bits per heavy atom. The summed E-state index contributed by atoms with van der Waals surface area (Å²) in [4.78, 5) is 28.1. The summed E-state index contributed by atoms with van der Waals surface area (Å²) in [5.74, 6) is -0.686. The van der Waals surface area contributed by atoms with Crippen LogP contribution in [-0.2, 0) is 26.2 Å². The number of nitrogens with one attached hydrogen (secondary N) is 1. The molecule has 0 heterocycles. The number of carbonyl (C=O) groups is 2. The first-order valence-corrected chi connectivity index (χ1v) is 13.8. The molecule has 2 aromatic carbocycles. The molecule has 1 unspecified atom stereocenters. The van der Waals surface area contributed by atoms with Gasteiger partial charge >= 0.3 is 10.2 Å². The van der Waals surface area contributed by atoms with Gasteiger partial charge in [-0.05, 0) is 56.4 Å². The lowest BCUT2D eigenvalue weighted by Crippen LogP contribution is -2.53. The number of nitrogens with zero attached hydrogens (tertiary/aromatic N) is 3. The standard InChI is InChI=1S/C27H40N4O4S/c1-7-8-17-28-27(33)23(4)30(18-16-24-12-10-9-11-13-24)26(32)20-31(36(34,35)29(5)6)25-19-21(2)14-15-22(25)3/h9-15,19,23H,7-8,16-18,20H2,1-6H3,(H,28,33). The van der Waals surface area contributed by atoms with E-state index < -0.39 is 28.7 Å². The number of unbranched alkanes of at least 4 members (excludes halogenated alkanes) is 1. The average Bonchev–Trinajstić information content (AvgIpc) is 2.84. The number of rotatable bonds is 13. The summed E-state index contributed by atoms with van der Waals surface area (Å²) < 4.78 is 28.9. The second-order valence-electron chi connectivity index (χ2n) is 9.23. The number of anilines is 1. The van der Waals surface area contributed by atoms with Gasteiger partial charge in [0.2, 0.25) is 11.8 Å². The third kappa shape index (κ3) is 7.80. The summed E-state index contributed by atoms with van der Waals surface area (Å²) in [6.07, 6.45) is 2.33. The van der Waals surface area contributed by atoms with Gasteiger partial charge in [-0.25, -0.2) is 4.31 Å². The third-order valence-corrected chi connectivity index (χ3v) is 7.94. The van der Waals surface area contributed by atoms with Crippen molar-refractivity contribution in [3.8, 4) is 0 Å². The third-order valence-electron chi connectivity index (χ3n) is 6.13. The highest BCUT2D eigenvalue weighted by molar-refractivity contribution is 7.90. The maximum absolute atomic E-state index is 13.7. The van der Waals surface area contributed by atoms with Gasteiger partial charge in [-0.3, -0.25) is 9.59 Å². The van der Waals surface area contributed by atoms with Crippen LogP contribution in [0.2, 0.25) is 0 Å². The van der Waals surface area contributed by atoms with Gasteiger partial charge < -0.3 is 10.2 Å². The van der Waals surface area contributed by atoms with Crippen LogP contribution in [-0.4, -0.2) is 69.2 Å². The highest BCUT2D eigenvalue weighted by Crippen LogP contribution is 2.25. The van der Waals surface area contributed by atoms with Crippen molar-refractivity contribution in [2.75, 3.05) is 38.0 Å². The molecule has 9 heteroatoms. The van der Waals surface area contributed by atoms with Gasteiger partial charge in [-0.15, -0.1) is 0 Å². The van der Waals surface area contributed by atoms with Crippen LogP contribution < -0.4 is 9.62 Å². The molecule has 0 aromatic heterocycles. The fourth-order valence-electron chi connectivity index (χ4n) is 3.80. The lowest BCUT2D eigenvalue weighted by molar-refractivity contribution is -0.138. The van der Waals surface area contributed by atoms with E-state index in [0.717, 1.165) is 38.1 Å². The zero-order valence-electron chi connectivity index (χ0n) is 22.3. The van der Waals surface area contributed by atoms with Crippen molar-refractivity contribution in [2.45, 2.75) is 53.0 Å². The Hall–Kier alpha value is -2.91. The molecule has 0 fully saturated rings. The molecule has 0 aliphatic rings. The smallest absolute Gasteiger partial charge is 0.304 e. The van der Waals surface area contributed by atoms with Gasteiger partial charge in [0.05, 0.1) is 5.69 Å². The van der Waals surface area contributed by atoms with Crippen molar-refractivity contribution < 1.29 is 18.0 Å².